The molecular weight excluding hydrogens is 377 g/mol. The fourth-order valence-corrected chi connectivity index (χ4v) is 3.18. The van der Waals surface area contributed by atoms with Gasteiger partial charge in [-0.3, -0.25) is 18.9 Å². The van der Waals surface area contributed by atoms with Crippen LogP contribution >= 0.6 is 0 Å². The van der Waals surface area contributed by atoms with Crippen LogP contribution in [0.4, 0.5) is 10.3 Å². The van der Waals surface area contributed by atoms with Gasteiger partial charge in [-0.15, -0.1) is 0 Å². The zero-order chi connectivity index (χ0) is 20.4. The molecule has 0 atom stereocenters. The first-order valence-corrected chi connectivity index (χ1v) is 9.16. The van der Waals surface area contributed by atoms with Gasteiger partial charge in [0.05, 0.1) is 12.9 Å². The predicted octanol–water partition coefficient (Wildman–Crippen LogP) is 1.31. The summed E-state index contributed by atoms with van der Waals surface area (Å²) in [6, 6.07) is 6.04. The van der Waals surface area contributed by atoms with Gasteiger partial charge >= 0.3 is 5.69 Å². The lowest BCUT2D eigenvalue weighted by molar-refractivity contribution is 0.626. The molecule has 3 heterocycles. The second-order valence-electron chi connectivity index (χ2n) is 6.72. The van der Waals surface area contributed by atoms with Crippen LogP contribution in [0, 0.1) is 5.82 Å². The molecule has 0 aliphatic rings. The van der Waals surface area contributed by atoms with Crippen molar-refractivity contribution in [1.29, 1.82) is 0 Å². The number of aromatic amines is 1. The van der Waals surface area contributed by atoms with E-state index in [0.29, 0.717) is 19.0 Å². The molecule has 0 radical (unpaired) electrons. The monoisotopic (exact) mass is 397 g/mol. The molecule has 0 fully saturated rings. The Morgan fingerprint density at radius 2 is 2.00 bits per heavy atom. The van der Waals surface area contributed by atoms with Crippen molar-refractivity contribution in [3.05, 3.63) is 75.2 Å². The Morgan fingerprint density at radius 1 is 1.21 bits per heavy atom. The minimum absolute atomic E-state index is 0.286. The standard InChI is InChI=1S/C19H20FN7O2/c1-25-16-15(17(28)24-19(25)29)27(11-13-3-5-14(20)6-4-13)18(23-16)22-7-2-9-26-10-8-21-12-26/h3-6,8,10,12H,2,7,9,11H2,1H3,(H,22,23)(H,24,28,29). The second-order valence-corrected chi connectivity index (χ2v) is 6.72. The van der Waals surface area contributed by atoms with Crippen LogP contribution in [0.5, 0.6) is 0 Å². The molecule has 3 aromatic heterocycles. The molecule has 1 aromatic carbocycles. The minimum Gasteiger partial charge on any atom is -0.356 e. The first-order chi connectivity index (χ1) is 14.0. The molecule has 0 saturated carbocycles. The average Bonchev–Trinajstić information content (AvgIpc) is 3.34. The number of aromatic nitrogens is 6. The van der Waals surface area contributed by atoms with Gasteiger partial charge in [0.25, 0.3) is 5.56 Å². The molecule has 4 rings (SSSR count). The van der Waals surface area contributed by atoms with Crippen molar-refractivity contribution in [3.63, 3.8) is 0 Å². The molecule has 29 heavy (non-hydrogen) atoms. The fourth-order valence-electron chi connectivity index (χ4n) is 3.18. The highest BCUT2D eigenvalue weighted by Crippen LogP contribution is 2.18. The Labute approximate surface area is 164 Å². The maximum Gasteiger partial charge on any atom is 0.329 e. The van der Waals surface area contributed by atoms with E-state index in [4.69, 9.17) is 0 Å². The summed E-state index contributed by atoms with van der Waals surface area (Å²) in [5.74, 6) is 0.143. The third-order valence-electron chi connectivity index (χ3n) is 4.70. The van der Waals surface area contributed by atoms with Gasteiger partial charge in [-0.25, -0.2) is 14.2 Å². The molecule has 0 bridgehead atoms. The summed E-state index contributed by atoms with van der Waals surface area (Å²) in [6.07, 6.45) is 6.17. The van der Waals surface area contributed by atoms with Gasteiger partial charge in [0, 0.05) is 32.5 Å². The molecule has 150 valence electrons. The van der Waals surface area contributed by atoms with E-state index >= 15 is 0 Å². The van der Waals surface area contributed by atoms with Crippen LogP contribution in [0.15, 0.2) is 52.6 Å². The molecule has 0 saturated heterocycles. The normalized spacial score (nSPS) is 11.2. The zero-order valence-corrected chi connectivity index (χ0v) is 15.8. The first kappa shape index (κ1) is 18.7. The summed E-state index contributed by atoms with van der Waals surface area (Å²) in [4.78, 5) is 35.2. The zero-order valence-electron chi connectivity index (χ0n) is 15.8. The molecule has 9 nitrogen and oxygen atoms in total. The number of aryl methyl sites for hydroxylation is 2. The topological polar surface area (TPSA) is 103 Å². The number of hydrogen-bond donors (Lipinski definition) is 2. The first-order valence-electron chi connectivity index (χ1n) is 9.16. The highest BCUT2D eigenvalue weighted by atomic mass is 19.1. The van der Waals surface area contributed by atoms with Crippen LogP contribution in [0.25, 0.3) is 11.2 Å². The number of H-pyrrole nitrogens is 1. The van der Waals surface area contributed by atoms with Crippen LogP contribution < -0.4 is 16.6 Å². The number of fused-ring (bicyclic) bond motifs is 1. The van der Waals surface area contributed by atoms with Crippen molar-refractivity contribution < 1.29 is 4.39 Å². The average molecular weight is 397 g/mol. The lowest BCUT2D eigenvalue weighted by Gasteiger charge is -2.11. The molecule has 4 aromatic rings. The second kappa shape index (κ2) is 7.74. The lowest BCUT2D eigenvalue weighted by atomic mass is 10.2. The van der Waals surface area contributed by atoms with E-state index in [2.05, 4.69) is 20.3 Å². The molecule has 0 amide bonds. The summed E-state index contributed by atoms with van der Waals surface area (Å²) < 4.78 is 18.2. The Bertz CT molecular complexity index is 1240. The van der Waals surface area contributed by atoms with Crippen molar-refractivity contribution in [2.45, 2.75) is 19.5 Å². The molecule has 2 N–H and O–H groups in total. The van der Waals surface area contributed by atoms with Crippen LogP contribution in [-0.2, 0) is 20.1 Å². The van der Waals surface area contributed by atoms with E-state index < -0.39 is 11.2 Å². The highest BCUT2D eigenvalue weighted by molar-refractivity contribution is 5.74. The summed E-state index contributed by atoms with van der Waals surface area (Å²) in [6.45, 7) is 1.70. The van der Waals surface area contributed by atoms with Gasteiger partial charge in [0.1, 0.15) is 5.82 Å². The van der Waals surface area contributed by atoms with Gasteiger partial charge in [-0.2, -0.15) is 4.98 Å². The van der Waals surface area contributed by atoms with Crippen LogP contribution in [0.3, 0.4) is 0 Å². The maximum atomic E-state index is 13.3. The Kier molecular flexibility index (Phi) is 4.98. The van der Waals surface area contributed by atoms with Crippen LogP contribution in [0.2, 0.25) is 0 Å². The van der Waals surface area contributed by atoms with Crippen LogP contribution in [-0.4, -0.2) is 35.2 Å². The number of benzene rings is 1. The van der Waals surface area contributed by atoms with Gasteiger partial charge < -0.3 is 9.88 Å². The number of anilines is 1. The summed E-state index contributed by atoms with van der Waals surface area (Å²) in [7, 11) is 1.55. The molecule has 0 unspecified atom stereocenters. The van der Waals surface area contributed by atoms with E-state index in [1.807, 2.05) is 10.8 Å². The molecule has 10 heteroatoms. The van der Waals surface area contributed by atoms with Crippen molar-refractivity contribution >= 4 is 17.1 Å². The van der Waals surface area contributed by atoms with Gasteiger partial charge in [0.2, 0.25) is 5.95 Å². The quantitative estimate of drug-likeness (QED) is 0.458. The van der Waals surface area contributed by atoms with E-state index in [1.165, 1.54) is 16.7 Å². The van der Waals surface area contributed by atoms with Gasteiger partial charge in [-0.05, 0) is 24.1 Å². The van der Waals surface area contributed by atoms with Crippen molar-refractivity contribution in [3.8, 4) is 0 Å². The Hall–Kier alpha value is -3.69. The number of hydrogen-bond acceptors (Lipinski definition) is 5. The summed E-state index contributed by atoms with van der Waals surface area (Å²) in [5.41, 5.74) is 0.344. The molecule has 0 aliphatic carbocycles. The SMILES string of the molecule is Cn1c(=O)[nH]c(=O)c2c1nc(NCCCn1ccnc1)n2Cc1ccc(F)cc1. The summed E-state index contributed by atoms with van der Waals surface area (Å²) >= 11 is 0. The third-order valence-corrected chi connectivity index (χ3v) is 4.70. The largest absolute Gasteiger partial charge is 0.356 e. The van der Waals surface area contributed by atoms with Gasteiger partial charge in [0.15, 0.2) is 11.2 Å². The summed E-state index contributed by atoms with van der Waals surface area (Å²) in [5, 5.41) is 3.25. The number of imidazole rings is 2. The molecule has 0 aliphatic heterocycles. The van der Waals surface area contributed by atoms with Gasteiger partial charge in [-0.1, -0.05) is 12.1 Å². The van der Waals surface area contributed by atoms with E-state index in [0.717, 1.165) is 18.5 Å². The molecule has 0 spiro atoms. The highest BCUT2D eigenvalue weighted by Gasteiger charge is 2.17. The number of nitrogens with zero attached hydrogens (tertiary/aromatic N) is 5. The van der Waals surface area contributed by atoms with Crippen molar-refractivity contribution in [1.82, 2.24) is 28.7 Å². The fraction of sp³-hybridized carbons (Fsp3) is 0.263. The number of rotatable bonds is 7. The van der Waals surface area contributed by atoms with Crippen molar-refractivity contribution in [2.75, 3.05) is 11.9 Å². The van der Waals surface area contributed by atoms with E-state index in [9.17, 15) is 14.0 Å². The smallest absolute Gasteiger partial charge is 0.329 e. The van der Waals surface area contributed by atoms with E-state index in [-0.39, 0.29) is 17.0 Å². The minimum atomic E-state index is -0.527. The number of nitrogens with one attached hydrogen (secondary N) is 2. The molecular formula is C19H20FN7O2. The third kappa shape index (κ3) is 3.82. The van der Waals surface area contributed by atoms with E-state index in [1.54, 1.807) is 36.3 Å². The van der Waals surface area contributed by atoms with Crippen molar-refractivity contribution in [2.24, 2.45) is 7.05 Å². The lowest BCUT2D eigenvalue weighted by Crippen LogP contribution is -2.29. The Morgan fingerprint density at radius 3 is 2.72 bits per heavy atom. The Balaban J connectivity index is 1.66. The maximum absolute atomic E-state index is 13.3. The predicted molar refractivity (Wildman–Crippen MR) is 106 cm³/mol. The number of halogens is 1. The van der Waals surface area contributed by atoms with Crippen LogP contribution in [0.1, 0.15) is 12.0 Å².